The summed E-state index contributed by atoms with van der Waals surface area (Å²) in [7, 11) is 0. The van der Waals surface area contributed by atoms with Crippen molar-refractivity contribution in [1.82, 2.24) is 29.7 Å². The lowest BCUT2D eigenvalue weighted by Gasteiger charge is -2.38. The third-order valence-electron chi connectivity index (χ3n) is 2.96. The van der Waals surface area contributed by atoms with Gasteiger partial charge in [-0.2, -0.15) is 20.1 Å². The number of halogens is 1. The van der Waals surface area contributed by atoms with Crippen LogP contribution in [0.25, 0.3) is 0 Å². The molecule has 0 aliphatic carbocycles. The summed E-state index contributed by atoms with van der Waals surface area (Å²) in [6, 6.07) is 0.506. The second-order valence-electron chi connectivity index (χ2n) is 4.18. The molecule has 2 aromatic heterocycles. The van der Waals surface area contributed by atoms with Crippen molar-refractivity contribution in [3.63, 3.8) is 0 Å². The molecular weight excluding hydrogens is 284 g/mol. The molecule has 0 bridgehead atoms. The summed E-state index contributed by atoms with van der Waals surface area (Å²) in [6.45, 7) is 3.95. The van der Waals surface area contributed by atoms with E-state index in [0.717, 1.165) is 30.7 Å². The van der Waals surface area contributed by atoms with Crippen LogP contribution in [0.2, 0.25) is 0 Å². The van der Waals surface area contributed by atoms with Crippen LogP contribution in [0.5, 0.6) is 0 Å². The number of nitrogens with zero attached hydrogens (tertiary/aromatic N) is 6. The summed E-state index contributed by atoms with van der Waals surface area (Å²) in [4.78, 5) is 4.10. The van der Waals surface area contributed by atoms with Gasteiger partial charge in [-0.3, -0.25) is 9.58 Å². The van der Waals surface area contributed by atoms with Gasteiger partial charge in [0.2, 0.25) is 0 Å². The van der Waals surface area contributed by atoms with Gasteiger partial charge in [-0.05, 0) is 15.9 Å². The van der Waals surface area contributed by atoms with Crippen LogP contribution in [-0.2, 0) is 6.54 Å². The van der Waals surface area contributed by atoms with Crippen molar-refractivity contribution >= 4 is 15.9 Å². The molecule has 7 heteroatoms. The SMILES string of the molecule is Brc1cnn(C2CN(CCn3nccn3)C2)c1. The van der Waals surface area contributed by atoms with Gasteiger partial charge >= 0.3 is 0 Å². The Morgan fingerprint density at radius 3 is 2.59 bits per heavy atom. The van der Waals surface area contributed by atoms with Gasteiger partial charge in [0.05, 0.1) is 35.6 Å². The van der Waals surface area contributed by atoms with Crippen LogP contribution in [0, 0.1) is 0 Å². The molecule has 0 atom stereocenters. The molecule has 0 aromatic carbocycles. The zero-order valence-corrected chi connectivity index (χ0v) is 10.9. The highest BCUT2D eigenvalue weighted by Crippen LogP contribution is 2.21. The molecule has 0 radical (unpaired) electrons. The number of aromatic nitrogens is 5. The number of likely N-dealkylation sites (tertiary alicyclic amines) is 1. The first-order chi connectivity index (χ1) is 8.31. The lowest BCUT2D eigenvalue weighted by atomic mass is 10.1. The maximum Gasteiger partial charge on any atom is 0.0773 e. The molecule has 2 aromatic rings. The van der Waals surface area contributed by atoms with Gasteiger partial charge in [-0.15, -0.1) is 0 Å². The van der Waals surface area contributed by atoms with E-state index in [9.17, 15) is 0 Å². The maximum atomic E-state index is 4.30. The zero-order chi connectivity index (χ0) is 11.7. The number of hydrogen-bond donors (Lipinski definition) is 0. The molecule has 1 saturated heterocycles. The highest BCUT2D eigenvalue weighted by atomic mass is 79.9. The number of rotatable bonds is 4. The Kier molecular flexibility index (Phi) is 2.94. The molecule has 3 rings (SSSR count). The second kappa shape index (κ2) is 4.58. The predicted molar refractivity (Wildman–Crippen MR) is 65.4 cm³/mol. The van der Waals surface area contributed by atoms with Crippen molar-refractivity contribution in [2.75, 3.05) is 19.6 Å². The van der Waals surface area contributed by atoms with Crippen LogP contribution in [0.1, 0.15) is 6.04 Å². The van der Waals surface area contributed by atoms with Crippen molar-refractivity contribution in [2.45, 2.75) is 12.6 Å². The van der Waals surface area contributed by atoms with Crippen molar-refractivity contribution in [3.8, 4) is 0 Å². The average molecular weight is 297 g/mol. The van der Waals surface area contributed by atoms with E-state index in [1.165, 1.54) is 0 Å². The minimum Gasteiger partial charge on any atom is -0.297 e. The van der Waals surface area contributed by atoms with E-state index in [0.29, 0.717) is 6.04 Å². The standard InChI is InChI=1S/C10H13BrN6/c11-9-5-14-16(6-9)10-7-15(8-10)3-4-17-12-1-2-13-17/h1-2,5-6,10H,3-4,7-8H2. The molecule has 1 aliphatic rings. The van der Waals surface area contributed by atoms with Crippen molar-refractivity contribution in [2.24, 2.45) is 0 Å². The van der Waals surface area contributed by atoms with Crippen LogP contribution in [0.4, 0.5) is 0 Å². The fourth-order valence-corrected chi connectivity index (χ4v) is 2.30. The monoisotopic (exact) mass is 296 g/mol. The molecule has 0 spiro atoms. The first kappa shape index (κ1) is 10.9. The number of hydrogen-bond acceptors (Lipinski definition) is 4. The van der Waals surface area contributed by atoms with Gasteiger partial charge in [-0.25, -0.2) is 0 Å². The van der Waals surface area contributed by atoms with Crippen molar-refractivity contribution < 1.29 is 0 Å². The first-order valence-corrected chi connectivity index (χ1v) is 6.37. The Hall–Kier alpha value is -1.21. The largest absolute Gasteiger partial charge is 0.297 e. The Morgan fingerprint density at radius 2 is 1.94 bits per heavy atom. The molecule has 0 N–H and O–H groups in total. The lowest BCUT2D eigenvalue weighted by molar-refractivity contribution is 0.0918. The van der Waals surface area contributed by atoms with Gasteiger partial charge in [0, 0.05) is 25.8 Å². The van der Waals surface area contributed by atoms with E-state index < -0.39 is 0 Å². The summed E-state index contributed by atoms with van der Waals surface area (Å²) in [6.07, 6.45) is 7.27. The van der Waals surface area contributed by atoms with E-state index in [-0.39, 0.29) is 0 Å². The van der Waals surface area contributed by atoms with Crippen LogP contribution in [-0.4, -0.2) is 49.3 Å². The van der Waals surface area contributed by atoms with Gasteiger partial charge in [0.15, 0.2) is 0 Å². The summed E-state index contributed by atoms with van der Waals surface area (Å²) >= 11 is 3.41. The van der Waals surface area contributed by atoms with E-state index in [1.54, 1.807) is 17.2 Å². The van der Waals surface area contributed by atoms with Gasteiger partial charge in [0.1, 0.15) is 0 Å². The minimum atomic E-state index is 0.506. The van der Waals surface area contributed by atoms with Crippen LogP contribution in [0.3, 0.4) is 0 Å². The molecule has 6 nitrogen and oxygen atoms in total. The van der Waals surface area contributed by atoms with E-state index >= 15 is 0 Å². The fourth-order valence-electron chi connectivity index (χ4n) is 2.00. The Bertz CT molecular complexity index is 473. The quantitative estimate of drug-likeness (QED) is 0.837. The minimum absolute atomic E-state index is 0.506. The summed E-state index contributed by atoms with van der Waals surface area (Å²) in [5.74, 6) is 0. The third kappa shape index (κ3) is 2.39. The topological polar surface area (TPSA) is 51.8 Å². The van der Waals surface area contributed by atoms with Crippen LogP contribution in [0.15, 0.2) is 29.3 Å². The average Bonchev–Trinajstić information content (AvgIpc) is 2.87. The maximum absolute atomic E-state index is 4.30. The second-order valence-corrected chi connectivity index (χ2v) is 5.09. The Morgan fingerprint density at radius 1 is 1.18 bits per heavy atom. The summed E-state index contributed by atoms with van der Waals surface area (Å²) in [5, 5.41) is 12.5. The molecule has 0 amide bonds. The molecule has 0 unspecified atom stereocenters. The van der Waals surface area contributed by atoms with E-state index in [4.69, 9.17) is 0 Å². The Labute approximate surface area is 107 Å². The third-order valence-corrected chi connectivity index (χ3v) is 3.37. The first-order valence-electron chi connectivity index (χ1n) is 5.57. The summed E-state index contributed by atoms with van der Waals surface area (Å²) < 4.78 is 3.06. The molecule has 1 aliphatic heterocycles. The Balaban J connectivity index is 1.45. The van der Waals surface area contributed by atoms with E-state index in [2.05, 4.69) is 36.1 Å². The van der Waals surface area contributed by atoms with Gasteiger partial charge in [-0.1, -0.05) is 0 Å². The summed E-state index contributed by atoms with van der Waals surface area (Å²) in [5.41, 5.74) is 0. The van der Waals surface area contributed by atoms with E-state index in [1.807, 2.05) is 17.1 Å². The molecular formula is C10H13BrN6. The van der Waals surface area contributed by atoms with Crippen molar-refractivity contribution in [1.29, 1.82) is 0 Å². The molecule has 0 saturated carbocycles. The fraction of sp³-hybridized carbons (Fsp3) is 0.500. The molecule has 17 heavy (non-hydrogen) atoms. The molecule has 1 fully saturated rings. The normalized spacial score (nSPS) is 17.2. The lowest BCUT2D eigenvalue weighted by Crippen LogP contribution is -2.48. The zero-order valence-electron chi connectivity index (χ0n) is 9.28. The van der Waals surface area contributed by atoms with Gasteiger partial charge in [0.25, 0.3) is 0 Å². The van der Waals surface area contributed by atoms with Crippen LogP contribution < -0.4 is 0 Å². The highest BCUT2D eigenvalue weighted by molar-refractivity contribution is 9.10. The molecule has 90 valence electrons. The van der Waals surface area contributed by atoms with Gasteiger partial charge < -0.3 is 0 Å². The predicted octanol–water partition coefficient (Wildman–Crippen LogP) is 0.794. The van der Waals surface area contributed by atoms with Crippen molar-refractivity contribution in [3.05, 3.63) is 29.3 Å². The highest BCUT2D eigenvalue weighted by Gasteiger charge is 2.28. The smallest absolute Gasteiger partial charge is 0.0773 e. The molecule has 3 heterocycles. The van der Waals surface area contributed by atoms with Crippen LogP contribution >= 0.6 is 15.9 Å².